The van der Waals surface area contributed by atoms with Crippen molar-refractivity contribution in [3.63, 3.8) is 0 Å². The predicted octanol–water partition coefficient (Wildman–Crippen LogP) is -17.6. The van der Waals surface area contributed by atoms with Gasteiger partial charge in [0.15, 0.2) is 44.0 Å². The highest BCUT2D eigenvalue weighted by molar-refractivity contribution is 5.77. The van der Waals surface area contributed by atoms with E-state index < -0.39 is 333 Å². The van der Waals surface area contributed by atoms with Gasteiger partial charge in [-0.15, -0.1) is 0 Å². The Morgan fingerprint density at radius 1 is 0.406 bits per heavy atom. The Balaban J connectivity index is 0.984. The Morgan fingerprint density at radius 2 is 0.821 bits per heavy atom. The molecule has 0 bridgehead atoms. The Morgan fingerprint density at radius 3 is 1.34 bits per heavy atom. The number of aliphatic hydroxyl groups is 22. The average Bonchev–Trinajstić information content (AvgIpc) is 0.760. The van der Waals surface area contributed by atoms with E-state index >= 15 is 0 Å². The molecule has 47 nitrogen and oxygen atoms in total. The van der Waals surface area contributed by atoms with Crippen molar-refractivity contribution in [2.45, 2.75) is 292 Å². The molecule has 8 fully saturated rings. The number of amides is 4. The van der Waals surface area contributed by atoms with E-state index in [1.54, 1.807) is 0 Å². The van der Waals surface area contributed by atoms with E-state index in [2.05, 4.69) is 21.3 Å². The molecule has 47 heteroatoms. The first kappa shape index (κ1) is 87.4. The van der Waals surface area contributed by atoms with Gasteiger partial charge in [0.05, 0.1) is 64.5 Å². The number of aliphatic carboxylic acids is 1. The number of aliphatic hydroxyl groups excluding tert-OH is 22. The summed E-state index contributed by atoms with van der Waals surface area (Å²) in [5.41, 5.74) is 0. The summed E-state index contributed by atoms with van der Waals surface area (Å²) in [6.07, 6.45) is -74.2. The van der Waals surface area contributed by atoms with Gasteiger partial charge in [-0.1, -0.05) is 0 Å². The van der Waals surface area contributed by atoms with Crippen LogP contribution in [0, 0.1) is 0 Å². The van der Waals surface area contributed by atoms with E-state index in [-0.39, 0.29) is 0 Å². The lowest BCUT2D eigenvalue weighted by Crippen LogP contribution is -2.71. The summed E-state index contributed by atoms with van der Waals surface area (Å²) in [6.45, 7) is -2.53. The first-order valence-electron chi connectivity index (χ1n) is 33.6. The summed E-state index contributed by atoms with van der Waals surface area (Å²) in [6, 6.07) is -7.29. The summed E-state index contributed by atoms with van der Waals surface area (Å²) in [5.74, 6) is -8.95. The molecular formula is C59H98N4O43. The van der Waals surface area contributed by atoms with E-state index in [1.165, 1.54) is 6.92 Å². The van der Waals surface area contributed by atoms with E-state index in [1.807, 2.05) is 0 Å². The van der Waals surface area contributed by atoms with Gasteiger partial charge in [0.2, 0.25) is 23.6 Å². The van der Waals surface area contributed by atoms with E-state index in [9.17, 15) is 141 Å². The van der Waals surface area contributed by atoms with Crippen LogP contribution >= 0.6 is 0 Å². The zero-order chi connectivity index (χ0) is 78.6. The number of rotatable bonds is 28. The molecular weight excluding hydrogens is 1450 g/mol. The lowest BCUT2D eigenvalue weighted by molar-refractivity contribution is -0.390. The van der Waals surface area contributed by atoms with Crippen molar-refractivity contribution < 1.29 is 212 Å². The van der Waals surface area contributed by atoms with E-state index in [0.29, 0.717) is 0 Å². The maximum absolute atomic E-state index is 13.1. The van der Waals surface area contributed by atoms with Crippen molar-refractivity contribution in [3.8, 4) is 0 Å². The molecule has 41 atom stereocenters. The largest absolute Gasteiger partial charge is 0.477 e. The zero-order valence-corrected chi connectivity index (χ0v) is 57.2. The average molecular weight is 1550 g/mol. The highest BCUT2D eigenvalue weighted by Crippen LogP contribution is 2.41. The molecule has 0 spiro atoms. The maximum atomic E-state index is 13.1. The lowest BCUT2D eigenvalue weighted by atomic mass is 9.88. The first-order chi connectivity index (χ1) is 49.9. The Labute approximate surface area is 600 Å². The van der Waals surface area contributed by atoms with Gasteiger partial charge < -0.3 is 210 Å². The minimum absolute atomic E-state index is 0.851. The number of carboxylic acid groups (broad SMARTS) is 1. The topological polar surface area (TPSA) is 737 Å². The minimum Gasteiger partial charge on any atom is -0.477 e. The molecule has 106 heavy (non-hydrogen) atoms. The van der Waals surface area contributed by atoms with Crippen LogP contribution < -0.4 is 21.3 Å². The molecule has 0 unspecified atom stereocenters. The lowest BCUT2D eigenvalue weighted by Gasteiger charge is -2.51. The van der Waals surface area contributed by atoms with Gasteiger partial charge in [-0.2, -0.15) is 0 Å². The quantitative estimate of drug-likeness (QED) is 0.0346. The molecule has 8 aliphatic rings. The van der Waals surface area contributed by atoms with Gasteiger partial charge in [0, 0.05) is 34.1 Å². The molecule has 0 aliphatic carbocycles. The Bertz CT molecular complexity index is 2860. The molecule has 0 radical (unpaired) electrons. The van der Waals surface area contributed by atoms with Crippen LogP contribution in [-0.2, 0) is 95.0 Å². The van der Waals surface area contributed by atoms with Crippen molar-refractivity contribution in [2.24, 2.45) is 0 Å². The molecule has 0 aromatic rings. The van der Waals surface area contributed by atoms with Crippen LogP contribution in [0.3, 0.4) is 0 Å². The van der Waals surface area contributed by atoms with Gasteiger partial charge in [-0.3, -0.25) is 19.2 Å². The summed E-state index contributed by atoms with van der Waals surface area (Å²) in [5, 5.41) is 263. The van der Waals surface area contributed by atoms with Crippen molar-refractivity contribution >= 4 is 29.6 Å². The second kappa shape index (κ2) is 37.5. The van der Waals surface area contributed by atoms with Crippen LogP contribution in [0.4, 0.5) is 0 Å². The highest BCUT2D eigenvalue weighted by Gasteiger charge is 2.63. The van der Waals surface area contributed by atoms with Crippen LogP contribution in [0.1, 0.15) is 41.0 Å². The zero-order valence-electron chi connectivity index (χ0n) is 57.2. The third-order valence-corrected chi connectivity index (χ3v) is 19.2. The molecule has 8 aliphatic heterocycles. The van der Waals surface area contributed by atoms with Crippen molar-refractivity contribution in [1.29, 1.82) is 0 Å². The van der Waals surface area contributed by atoms with Crippen molar-refractivity contribution in [1.82, 2.24) is 21.3 Å². The number of carbonyl (C=O) groups excluding carboxylic acids is 4. The predicted molar refractivity (Wildman–Crippen MR) is 327 cm³/mol. The highest BCUT2D eigenvalue weighted by atomic mass is 16.8. The fraction of sp³-hybridized carbons (Fsp3) is 0.915. The molecule has 0 saturated carbocycles. The van der Waals surface area contributed by atoms with Crippen LogP contribution in [0.15, 0.2) is 0 Å². The molecule has 0 aromatic carbocycles. The van der Waals surface area contributed by atoms with Crippen molar-refractivity contribution in [3.05, 3.63) is 0 Å². The Kier molecular flexibility index (Phi) is 30.9. The molecule has 27 N–H and O–H groups in total. The smallest absolute Gasteiger partial charge is 0.364 e. The monoisotopic (exact) mass is 1550 g/mol. The van der Waals surface area contributed by atoms with Gasteiger partial charge in [-0.25, -0.2) is 4.79 Å². The van der Waals surface area contributed by atoms with E-state index in [4.69, 9.17) is 71.1 Å². The summed E-state index contributed by atoms with van der Waals surface area (Å²) in [4.78, 5) is 63.6. The SMILES string of the molecule is CC(=O)N[C@@H]1[C@@H](O[C@@H]2O[C@H](CO)[C@H](O)[C@H](O[C@]3(C(=O)O)C[C@H](O)[C@@H](NC(C)=O)[C@H]([C@H](O)[C@H](O)CO)O3)[C@H]2O)[C@@H](O)[C@@H](CO[C@@H]2O[C@H](CO)[C@@H](O[C@@H]3O[C@H](CO)[C@H](O)[C@H](O[C@@H]4O[C@H](CO)[C@@H](O[C@@H]5O[C@H](CO)[C@H](O)[C@H](O)[C@H]5O[C@@H]5O[C@@H](C)[C@@H](O)[C@@H](O)[C@@H]5O)[C@H](O)[C@H]4NC(C)=O)[C@H]3O)[C@H](O)[C@H]2NC(C)=O)O[C@@H]1O. The van der Waals surface area contributed by atoms with Gasteiger partial charge in [-0.05, 0) is 6.92 Å². The van der Waals surface area contributed by atoms with Gasteiger partial charge >= 0.3 is 5.97 Å². The molecule has 8 saturated heterocycles. The summed E-state index contributed by atoms with van der Waals surface area (Å²) < 4.78 is 87.2. The second-order valence-electron chi connectivity index (χ2n) is 26.8. The number of hydrogen-bond donors (Lipinski definition) is 27. The fourth-order valence-electron chi connectivity index (χ4n) is 13.6. The molecule has 612 valence electrons. The van der Waals surface area contributed by atoms with Crippen LogP contribution in [-0.4, -0.2) is 444 Å². The van der Waals surface area contributed by atoms with E-state index in [0.717, 1.165) is 27.7 Å². The number of carboxylic acids is 1. The molecule has 8 heterocycles. The van der Waals surface area contributed by atoms with Gasteiger partial charge in [0.25, 0.3) is 5.79 Å². The summed E-state index contributed by atoms with van der Waals surface area (Å²) in [7, 11) is 0. The number of carbonyl (C=O) groups is 5. The molecule has 8 rings (SSSR count). The molecule has 4 amide bonds. The van der Waals surface area contributed by atoms with Crippen LogP contribution in [0.5, 0.6) is 0 Å². The first-order valence-corrected chi connectivity index (χ1v) is 33.6. The third-order valence-electron chi connectivity index (χ3n) is 19.2. The third kappa shape index (κ3) is 19.1. The minimum atomic E-state index is -3.25. The standard InChI is InChI=1S/C59H98N4O43/c1-14-31(76)39(84)41(86)54(93-14)104-50-40(85)33(78)21(8-65)97-57(50)101-45-25(12-69)99-53(29(38(45)83)62-17(4)72)103-48-34(79)22(9-66)95-55(42(48)87)100-44-24(11-68)98-52(28(37(44)82)61-16(3)71)92-13-26-36(81)46(30(51(89)94-26)63-18(5)73)102-56-43(88)49(35(80)23(10-67)96-56)106-59(58(90)91)6-19(74)27(60-15(2)70)47(105-59)32(77)20(75)7-64/h14,19-57,64-69,74-89H,6-13H2,1-5H3,(H,60,70)(H,61,71)(H,62,72)(H,63,73)(H,90,91)/t14-,19-,20+,21+,22+,23+,24+,25+,26+,27+,28+,29+,30+,31+,32+,33-,34-,35-,36-,37+,38+,39+,40-,41-,42+,43+,44+,45+,46+,47+,48-,49-,50+,51-,52+,53-,54-,55-,56-,57-,59-/m0/s1. The summed E-state index contributed by atoms with van der Waals surface area (Å²) >= 11 is 0. The fourth-order valence-corrected chi connectivity index (χ4v) is 13.6. The second-order valence-corrected chi connectivity index (χ2v) is 26.8. The maximum Gasteiger partial charge on any atom is 0.364 e. The van der Waals surface area contributed by atoms with Crippen LogP contribution in [0.2, 0.25) is 0 Å². The van der Waals surface area contributed by atoms with Crippen LogP contribution in [0.25, 0.3) is 0 Å². The Hall–Kier alpha value is -4.13. The normalized spacial score (nSPS) is 47.2. The van der Waals surface area contributed by atoms with Crippen molar-refractivity contribution in [2.75, 3.05) is 46.2 Å². The number of nitrogens with one attached hydrogen (secondary N) is 4. The number of hydrogen-bond acceptors (Lipinski definition) is 42. The molecule has 0 aromatic heterocycles. The number of ether oxygens (including phenoxy) is 15. The van der Waals surface area contributed by atoms with Gasteiger partial charge in [0.1, 0.15) is 183 Å².